The van der Waals surface area contributed by atoms with Gasteiger partial charge in [0.15, 0.2) is 5.82 Å². The SMILES string of the molecule is CC(C)c1nc(-c2ccc(-c3ccccc3C(O)CC(=O)O)cc2)n[nH]1. The minimum atomic E-state index is -1.05. The van der Waals surface area contributed by atoms with Gasteiger partial charge in [0.2, 0.25) is 0 Å². The lowest BCUT2D eigenvalue weighted by Gasteiger charge is -2.14. The van der Waals surface area contributed by atoms with E-state index in [1.165, 1.54) is 0 Å². The number of aliphatic hydroxyl groups is 1. The summed E-state index contributed by atoms with van der Waals surface area (Å²) in [5, 5.41) is 26.3. The van der Waals surface area contributed by atoms with E-state index in [1.807, 2.05) is 50.2 Å². The molecule has 1 aromatic heterocycles. The molecule has 3 N–H and O–H groups in total. The van der Waals surface area contributed by atoms with Crippen LogP contribution in [0.25, 0.3) is 22.5 Å². The molecule has 3 rings (SSSR count). The predicted molar refractivity (Wildman–Crippen MR) is 98.6 cm³/mol. The van der Waals surface area contributed by atoms with Gasteiger partial charge in [-0.3, -0.25) is 9.89 Å². The van der Waals surface area contributed by atoms with E-state index in [2.05, 4.69) is 15.2 Å². The molecule has 0 radical (unpaired) electrons. The van der Waals surface area contributed by atoms with Crippen molar-refractivity contribution < 1.29 is 15.0 Å². The lowest BCUT2D eigenvalue weighted by molar-refractivity contribution is -0.139. The number of aromatic amines is 1. The number of nitrogens with one attached hydrogen (secondary N) is 1. The summed E-state index contributed by atoms with van der Waals surface area (Å²) in [7, 11) is 0. The van der Waals surface area contributed by atoms with Gasteiger partial charge in [-0.25, -0.2) is 4.98 Å². The Labute approximate surface area is 151 Å². The third-order valence-corrected chi connectivity index (χ3v) is 4.19. The van der Waals surface area contributed by atoms with Crippen LogP contribution >= 0.6 is 0 Å². The average molecular weight is 351 g/mol. The van der Waals surface area contributed by atoms with Crippen LogP contribution in [0.1, 0.15) is 43.7 Å². The second-order valence-corrected chi connectivity index (χ2v) is 6.48. The number of aromatic nitrogens is 3. The van der Waals surface area contributed by atoms with Crippen LogP contribution in [0.4, 0.5) is 0 Å². The first kappa shape index (κ1) is 17.8. The molecule has 1 atom stereocenters. The monoisotopic (exact) mass is 351 g/mol. The number of benzene rings is 2. The molecule has 0 bridgehead atoms. The van der Waals surface area contributed by atoms with E-state index < -0.39 is 12.1 Å². The smallest absolute Gasteiger partial charge is 0.306 e. The van der Waals surface area contributed by atoms with Gasteiger partial charge in [-0.1, -0.05) is 62.4 Å². The van der Waals surface area contributed by atoms with E-state index in [9.17, 15) is 9.90 Å². The number of aliphatic carboxylic acids is 1. The van der Waals surface area contributed by atoms with Gasteiger partial charge >= 0.3 is 5.97 Å². The number of rotatable bonds is 6. The number of carbonyl (C=O) groups is 1. The first-order chi connectivity index (χ1) is 12.5. The summed E-state index contributed by atoms with van der Waals surface area (Å²) in [6, 6.07) is 15.0. The maximum Gasteiger partial charge on any atom is 0.306 e. The highest BCUT2D eigenvalue weighted by Crippen LogP contribution is 2.31. The molecule has 26 heavy (non-hydrogen) atoms. The number of carboxylic acid groups (broad SMARTS) is 1. The van der Waals surface area contributed by atoms with E-state index in [1.54, 1.807) is 12.1 Å². The Morgan fingerprint density at radius 1 is 1.08 bits per heavy atom. The highest BCUT2D eigenvalue weighted by atomic mass is 16.4. The first-order valence-electron chi connectivity index (χ1n) is 8.47. The molecule has 0 amide bonds. The molecule has 0 saturated heterocycles. The summed E-state index contributed by atoms with van der Waals surface area (Å²) in [6.45, 7) is 4.10. The minimum absolute atomic E-state index is 0.276. The number of nitrogens with zero attached hydrogens (tertiary/aromatic N) is 2. The van der Waals surface area contributed by atoms with E-state index in [0.29, 0.717) is 11.4 Å². The third-order valence-electron chi connectivity index (χ3n) is 4.19. The second-order valence-electron chi connectivity index (χ2n) is 6.48. The maximum atomic E-state index is 10.9. The number of aliphatic hydroxyl groups excluding tert-OH is 1. The van der Waals surface area contributed by atoms with Gasteiger partial charge in [-0.05, 0) is 16.7 Å². The molecule has 0 spiro atoms. The van der Waals surface area contributed by atoms with E-state index >= 15 is 0 Å². The van der Waals surface area contributed by atoms with Crippen LogP contribution in [-0.4, -0.2) is 31.4 Å². The van der Waals surface area contributed by atoms with Crippen molar-refractivity contribution >= 4 is 5.97 Å². The molecule has 3 aromatic rings. The lowest BCUT2D eigenvalue weighted by Crippen LogP contribution is -2.06. The summed E-state index contributed by atoms with van der Waals surface area (Å²) < 4.78 is 0. The van der Waals surface area contributed by atoms with Crippen LogP contribution in [0.15, 0.2) is 48.5 Å². The Balaban J connectivity index is 1.90. The second kappa shape index (κ2) is 7.49. The fraction of sp³-hybridized carbons (Fsp3) is 0.250. The molecular formula is C20H21N3O3. The Kier molecular flexibility index (Phi) is 5.14. The minimum Gasteiger partial charge on any atom is -0.481 e. The standard InChI is InChI=1S/C20H21N3O3/c1-12(2)19-21-20(23-22-19)14-9-7-13(8-10-14)15-5-3-4-6-16(15)17(24)11-18(25)26/h3-10,12,17,24H,11H2,1-2H3,(H,25,26)(H,21,22,23). The molecule has 134 valence electrons. The normalized spacial score (nSPS) is 12.3. The summed E-state index contributed by atoms with van der Waals surface area (Å²) in [5.74, 6) is 0.719. The van der Waals surface area contributed by atoms with E-state index in [-0.39, 0.29) is 12.3 Å². The molecule has 6 nitrogen and oxygen atoms in total. The van der Waals surface area contributed by atoms with Crippen molar-refractivity contribution in [3.63, 3.8) is 0 Å². The van der Waals surface area contributed by atoms with Gasteiger partial charge in [0.1, 0.15) is 5.82 Å². The van der Waals surface area contributed by atoms with Crippen molar-refractivity contribution in [1.29, 1.82) is 0 Å². The zero-order valence-electron chi connectivity index (χ0n) is 14.7. The zero-order chi connectivity index (χ0) is 18.7. The maximum absolute atomic E-state index is 10.9. The number of carboxylic acids is 1. The molecule has 1 heterocycles. The van der Waals surface area contributed by atoms with Crippen molar-refractivity contribution in [2.24, 2.45) is 0 Å². The summed E-state index contributed by atoms with van der Waals surface area (Å²) >= 11 is 0. The Hall–Kier alpha value is -2.99. The Morgan fingerprint density at radius 2 is 1.73 bits per heavy atom. The van der Waals surface area contributed by atoms with Crippen LogP contribution < -0.4 is 0 Å². The predicted octanol–water partition coefficient (Wildman–Crippen LogP) is 3.77. The molecule has 0 fully saturated rings. The van der Waals surface area contributed by atoms with Gasteiger partial charge in [0.05, 0.1) is 12.5 Å². The fourth-order valence-electron chi connectivity index (χ4n) is 2.79. The number of hydrogen-bond donors (Lipinski definition) is 3. The van der Waals surface area contributed by atoms with Gasteiger partial charge in [0.25, 0.3) is 0 Å². The van der Waals surface area contributed by atoms with Gasteiger partial charge in [-0.15, -0.1) is 0 Å². The summed E-state index contributed by atoms with van der Waals surface area (Å²) in [6.07, 6.45) is -1.38. The van der Waals surface area contributed by atoms with Crippen molar-refractivity contribution in [3.8, 4) is 22.5 Å². The average Bonchev–Trinajstić information content (AvgIpc) is 3.12. The van der Waals surface area contributed by atoms with Gasteiger partial charge < -0.3 is 10.2 Å². The third kappa shape index (κ3) is 3.81. The number of hydrogen-bond acceptors (Lipinski definition) is 4. The van der Waals surface area contributed by atoms with E-state index in [4.69, 9.17) is 5.11 Å². The van der Waals surface area contributed by atoms with Crippen LogP contribution in [0.5, 0.6) is 0 Å². The quantitative estimate of drug-likeness (QED) is 0.628. The molecule has 0 aliphatic rings. The van der Waals surface area contributed by atoms with E-state index in [0.717, 1.165) is 22.5 Å². The lowest BCUT2D eigenvalue weighted by atomic mass is 9.94. The Morgan fingerprint density at radius 3 is 2.35 bits per heavy atom. The molecule has 6 heteroatoms. The first-order valence-corrected chi connectivity index (χ1v) is 8.47. The molecule has 1 unspecified atom stereocenters. The van der Waals surface area contributed by atoms with Crippen LogP contribution in [0.2, 0.25) is 0 Å². The number of H-pyrrole nitrogens is 1. The Bertz CT molecular complexity index is 901. The molecule has 0 aliphatic carbocycles. The van der Waals surface area contributed by atoms with Crippen molar-refractivity contribution in [2.45, 2.75) is 32.3 Å². The highest BCUT2D eigenvalue weighted by molar-refractivity contribution is 5.73. The van der Waals surface area contributed by atoms with Crippen molar-refractivity contribution in [2.75, 3.05) is 0 Å². The summed E-state index contributed by atoms with van der Waals surface area (Å²) in [4.78, 5) is 15.4. The van der Waals surface area contributed by atoms with Gasteiger partial charge in [-0.2, -0.15) is 5.10 Å². The summed E-state index contributed by atoms with van der Waals surface area (Å²) in [5.41, 5.74) is 3.20. The largest absolute Gasteiger partial charge is 0.481 e. The van der Waals surface area contributed by atoms with Crippen LogP contribution in [0.3, 0.4) is 0 Å². The van der Waals surface area contributed by atoms with Crippen LogP contribution in [-0.2, 0) is 4.79 Å². The van der Waals surface area contributed by atoms with Crippen molar-refractivity contribution in [1.82, 2.24) is 15.2 Å². The molecule has 0 saturated carbocycles. The van der Waals surface area contributed by atoms with Crippen molar-refractivity contribution in [3.05, 3.63) is 59.9 Å². The topological polar surface area (TPSA) is 99.1 Å². The molecule has 2 aromatic carbocycles. The fourth-order valence-corrected chi connectivity index (χ4v) is 2.79. The van der Waals surface area contributed by atoms with Gasteiger partial charge in [0, 0.05) is 11.5 Å². The zero-order valence-corrected chi connectivity index (χ0v) is 14.7. The molecular weight excluding hydrogens is 330 g/mol. The van der Waals surface area contributed by atoms with Crippen LogP contribution in [0, 0.1) is 0 Å². The molecule has 0 aliphatic heterocycles. The highest BCUT2D eigenvalue weighted by Gasteiger charge is 2.16.